The van der Waals surface area contributed by atoms with Gasteiger partial charge in [0, 0.05) is 6.42 Å². The largest absolute Gasteiger partial charge is 0.478 e. The van der Waals surface area contributed by atoms with Crippen molar-refractivity contribution in [2.75, 3.05) is 0 Å². The Bertz CT molecular complexity index is 931. The van der Waals surface area contributed by atoms with Crippen LogP contribution < -0.4 is 15.9 Å². The molecule has 0 unspecified atom stereocenters. The molecule has 0 saturated heterocycles. The number of carboxylic acids is 1. The first-order chi connectivity index (χ1) is 14.1. The normalized spacial score (nSPS) is 11.9. The molecule has 0 aromatic heterocycles. The van der Waals surface area contributed by atoms with Crippen molar-refractivity contribution in [3.8, 4) is 5.75 Å². The Labute approximate surface area is 178 Å². The van der Waals surface area contributed by atoms with Crippen LogP contribution in [0.4, 0.5) is 0 Å². The average Bonchev–Trinajstić information content (AvgIpc) is 2.65. The molecule has 30 heavy (non-hydrogen) atoms. The fourth-order valence-corrected chi connectivity index (χ4v) is 2.94. The van der Waals surface area contributed by atoms with Crippen LogP contribution in [0, 0.1) is 13.8 Å². The summed E-state index contributed by atoms with van der Waals surface area (Å²) in [6.07, 6.45) is 2.90. The summed E-state index contributed by atoms with van der Waals surface area (Å²) < 4.78 is 5.51. The van der Waals surface area contributed by atoms with E-state index in [0.717, 1.165) is 24.0 Å². The lowest BCUT2D eigenvalue weighted by Gasteiger charge is -2.21. The van der Waals surface area contributed by atoms with Crippen LogP contribution in [-0.2, 0) is 17.6 Å². The Morgan fingerprint density at radius 2 is 1.73 bits per heavy atom. The van der Waals surface area contributed by atoms with Gasteiger partial charge in [0.25, 0.3) is 5.84 Å². The zero-order valence-corrected chi connectivity index (χ0v) is 18.2. The van der Waals surface area contributed by atoms with Crippen molar-refractivity contribution in [3.05, 3.63) is 64.7 Å². The van der Waals surface area contributed by atoms with Gasteiger partial charge in [0.05, 0.1) is 6.42 Å². The monoisotopic (exact) mass is 410 g/mol. The summed E-state index contributed by atoms with van der Waals surface area (Å²) in [7, 11) is 0. The molecule has 6 heteroatoms. The molecule has 0 saturated carbocycles. The van der Waals surface area contributed by atoms with E-state index >= 15 is 0 Å². The first-order valence-electron chi connectivity index (χ1n) is 10.1. The summed E-state index contributed by atoms with van der Waals surface area (Å²) in [4.78, 5) is 15.5. The molecule has 160 valence electrons. The fraction of sp³-hybridized carbons (Fsp3) is 0.375. The summed E-state index contributed by atoms with van der Waals surface area (Å²) in [6, 6.07) is 13.7. The SMILES string of the molecule is Cc1ccc(CC(=[NH2+])N=C(N)CCCc2ccc(OC(C)(C)C(=O)O)cc2)cc1C. The minimum Gasteiger partial charge on any atom is -0.478 e. The van der Waals surface area contributed by atoms with Crippen LogP contribution >= 0.6 is 0 Å². The Balaban J connectivity index is 1.81. The summed E-state index contributed by atoms with van der Waals surface area (Å²) >= 11 is 0. The van der Waals surface area contributed by atoms with E-state index in [2.05, 4.69) is 37.0 Å². The smallest absolute Gasteiger partial charge is 0.347 e. The Morgan fingerprint density at radius 1 is 1.10 bits per heavy atom. The van der Waals surface area contributed by atoms with E-state index in [0.29, 0.717) is 30.3 Å². The summed E-state index contributed by atoms with van der Waals surface area (Å²) in [5.74, 6) is 0.564. The van der Waals surface area contributed by atoms with Gasteiger partial charge in [-0.1, -0.05) is 30.3 Å². The molecule has 0 aliphatic carbocycles. The van der Waals surface area contributed by atoms with E-state index in [1.54, 1.807) is 12.1 Å². The highest BCUT2D eigenvalue weighted by atomic mass is 16.5. The molecule has 5 N–H and O–H groups in total. The van der Waals surface area contributed by atoms with Crippen molar-refractivity contribution < 1.29 is 20.0 Å². The summed E-state index contributed by atoms with van der Waals surface area (Å²) in [5, 5.41) is 15.2. The lowest BCUT2D eigenvalue weighted by Crippen LogP contribution is -2.41. The number of hydrogen-bond donors (Lipinski definition) is 3. The minimum atomic E-state index is -1.26. The van der Waals surface area contributed by atoms with Gasteiger partial charge in [-0.05, 0) is 79.9 Å². The van der Waals surface area contributed by atoms with Gasteiger partial charge < -0.3 is 15.6 Å². The van der Waals surface area contributed by atoms with Gasteiger partial charge in [-0.2, -0.15) is 0 Å². The number of aliphatic imine (C=N–C) groups is 1. The molecule has 0 heterocycles. The van der Waals surface area contributed by atoms with Crippen molar-refractivity contribution in [1.82, 2.24) is 0 Å². The molecule has 2 rings (SSSR count). The second-order valence-electron chi connectivity index (χ2n) is 8.10. The predicted molar refractivity (Wildman–Crippen MR) is 120 cm³/mol. The summed E-state index contributed by atoms with van der Waals surface area (Å²) in [6.45, 7) is 7.21. The zero-order valence-electron chi connectivity index (χ0n) is 18.2. The standard InChI is InChI=1S/C24H31N3O3/c1-16-8-9-19(14-17(16)2)15-22(26)27-21(25)7-5-6-18-10-12-20(13-11-18)30-24(3,4)23(28)29/h8-14H,5-7,15H2,1-4H3,(H,28,29)(H3,25,26,27)/p+1. The second kappa shape index (κ2) is 10.1. The second-order valence-corrected chi connectivity index (χ2v) is 8.10. The number of nitrogens with zero attached hydrogens (tertiary/aromatic N) is 1. The van der Waals surface area contributed by atoms with E-state index < -0.39 is 11.6 Å². The van der Waals surface area contributed by atoms with E-state index in [-0.39, 0.29) is 0 Å². The van der Waals surface area contributed by atoms with Crippen LogP contribution in [-0.4, -0.2) is 28.3 Å². The molecule has 0 atom stereocenters. The quantitative estimate of drug-likeness (QED) is 0.436. The van der Waals surface area contributed by atoms with Crippen LogP contribution in [0.25, 0.3) is 0 Å². The van der Waals surface area contributed by atoms with Crippen LogP contribution in [0.2, 0.25) is 0 Å². The molecule has 0 spiro atoms. The van der Waals surface area contributed by atoms with Gasteiger partial charge in [0.15, 0.2) is 5.60 Å². The molecule has 6 nitrogen and oxygen atoms in total. The highest BCUT2D eigenvalue weighted by Crippen LogP contribution is 2.20. The molecule has 0 fully saturated rings. The number of aliphatic carboxylic acids is 1. The van der Waals surface area contributed by atoms with Gasteiger partial charge in [0.2, 0.25) is 5.84 Å². The highest BCUT2D eigenvalue weighted by molar-refractivity contribution is 5.94. The van der Waals surface area contributed by atoms with E-state index in [1.807, 2.05) is 12.1 Å². The third-order valence-electron chi connectivity index (χ3n) is 4.95. The average molecular weight is 411 g/mol. The molecular weight excluding hydrogens is 378 g/mol. The number of carboxylic acid groups (broad SMARTS) is 1. The molecule has 0 aliphatic rings. The molecule has 0 radical (unpaired) electrons. The maximum Gasteiger partial charge on any atom is 0.347 e. The van der Waals surface area contributed by atoms with Crippen LogP contribution in [0.3, 0.4) is 0 Å². The van der Waals surface area contributed by atoms with Gasteiger partial charge in [0.1, 0.15) is 5.75 Å². The number of ether oxygens (including phenoxy) is 1. The number of benzene rings is 2. The number of aryl methyl sites for hydroxylation is 3. The van der Waals surface area contributed by atoms with Crippen LogP contribution in [0.1, 0.15) is 48.9 Å². The van der Waals surface area contributed by atoms with E-state index in [1.165, 1.54) is 25.0 Å². The molecule has 2 aromatic carbocycles. The first kappa shape index (κ1) is 23.1. The third-order valence-corrected chi connectivity index (χ3v) is 4.95. The van der Waals surface area contributed by atoms with Gasteiger partial charge in [-0.15, -0.1) is 0 Å². The van der Waals surface area contributed by atoms with Gasteiger partial charge in [-0.25, -0.2) is 4.79 Å². The number of amidine groups is 2. The van der Waals surface area contributed by atoms with Crippen molar-refractivity contribution in [1.29, 1.82) is 0 Å². The lowest BCUT2D eigenvalue weighted by atomic mass is 10.0. The molecule has 0 amide bonds. The summed E-state index contributed by atoms with van der Waals surface area (Å²) in [5.41, 5.74) is 9.52. The van der Waals surface area contributed by atoms with Crippen LogP contribution in [0.5, 0.6) is 5.75 Å². The van der Waals surface area contributed by atoms with Crippen molar-refractivity contribution in [2.45, 2.75) is 59.0 Å². The zero-order chi connectivity index (χ0) is 22.3. The minimum absolute atomic E-state index is 0.512. The van der Waals surface area contributed by atoms with E-state index in [4.69, 9.17) is 21.0 Å². The van der Waals surface area contributed by atoms with Crippen LogP contribution in [0.15, 0.2) is 47.5 Å². The van der Waals surface area contributed by atoms with Gasteiger partial charge >= 0.3 is 5.97 Å². The maximum absolute atomic E-state index is 11.1. The number of rotatable bonds is 9. The maximum atomic E-state index is 11.1. The molecule has 0 aliphatic heterocycles. The van der Waals surface area contributed by atoms with Crippen molar-refractivity contribution >= 4 is 17.6 Å². The Kier molecular flexibility index (Phi) is 7.75. The molecule has 0 bridgehead atoms. The molecular formula is C24H32N3O3+. The van der Waals surface area contributed by atoms with Crippen molar-refractivity contribution in [2.24, 2.45) is 10.7 Å². The number of nitrogens with two attached hydrogens (primary N) is 2. The Hall–Kier alpha value is -3.15. The number of carbonyl (C=O) groups is 1. The fourth-order valence-electron chi connectivity index (χ4n) is 2.94. The number of hydrogen-bond acceptors (Lipinski definition) is 2. The first-order valence-corrected chi connectivity index (χ1v) is 10.1. The van der Waals surface area contributed by atoms with Crippen molar-refractivity contribution in [3.63, 3.8) is 0 Å². The lowest BCUT2D eigenvalue weighted by molar-refractivity contribution is -0.152. The predicted octanol–water partition coefficient (Wildman–Crippen LogP) is 2.63. The topological polar surface area (TPSA) is 111 Å². The van der Waals surface area contributed by atoms with Gasteiger partial charge in [-0.3, -0.25) is 5.41 Å². The Morgan fingerprint density at radius 3 is 2.33 bits per heavy atom. The highest BCUT2D eigenvalue weighted by Gasteiger charge is 2.29. The van der Waals surface area contributed by atoms with E-state index in [9.17, 15) is 4.79 Å². The third kappa shape index (κ3) is 7.03. The molecule has 2 aromatic rings.